The molecular formula is C24H38N4O2. The van der Waals surface area contributed by atoms with Crippen molar-refractivity contribution in [2.24, 2.45) is 10.9 Å². The number of hydrogen-bond acceptors (Lipinski definition) is 3. The molecule has 0 aliphatic carbocycles. The third-order valence-electron chi connectivity index (χ3n) is 6.17. The number of rotatable bonds is 7. The third-order valence-corrected chi connectivity index (χ3v) is 6.17. The number of amides is 1. The number of guanidine groups is 1. The molecule has 2 saturated heterocycles. The van der Waals surface area contributed by atoms with Crippen LogP contribution in [0.1, 0.15) is 61.4 Å². The zero-order valence-corrected chi connectivity index (χ0v) is 18.7. The Balaban J connectivity index is 1.53. The van der Waals surface area contributed by atoms with Gasteiger partial charge in [0.15, 0.2) is 5.96 Å². The molecule has 1 amide bonds. The Bertz CT molecular complexity index is 677. The van der Waals surface area contributed by atoms with Crippen molar-refractivity contribution in [2.75, 3.05) is 46.4 Å². The van der Waals surface area contributed by atoms with Gasteiger partial charge in [-0.05, 0) is 69.1 Å². The summed E-state index contributed by atoms with van der Waals surface area (Å²) in [4.78, 5) is 21.7. The summed E-state index contributed by atoms with van der Waals surface area (Å²) in [6.07, 6.45) is 6.99. The van der Waals surface area contributed by atoms with E-state index in [0.29, 0.717) is 6.54 Å². The van der Waals surface area contributed by atoms with E-state index in [1.165, 1.54) is 25.7 Å². The van der Waals surface area contributed by atoms with Crippen LogP contribution in [-0.2, 0) is 11.3 Å². The summed E-state index contributed by atoms with van der Waals surface area (Å²) in [6.45, 7) is 8.14. The average molecular weight is 415 g/mol. The van der Waals surface area contributed by atoms with Gasteiger partial charge in [-0.15, -0.1) is 0 Å². The van der Waals surface area contributed by atoms with E-state index in [-0.39, 0.29) is 5.91 Å². The van der Waals surface area contributed by atoms with Gasteiger partial charge < -0.3 is 19.9 Å². The van der Waals surface area contributed by atoms with Crippen molar-refractivity contribution in [1.82, 2.24) is 15.1 Å². The van der Waals surface area contributed by atoms with Crippen LogP contribution in [0, 0.1) is 5.92 Å². The van der Waals surface area contributed by atoms with Crippen LogP contribution < -0.4 is 5.32 Å². The highest BCUT2D eigenvalue weighted by atomic mass is 16.5. The second-order valence-electron chi connectivity index (χ2n) is 8.49. The molecule has 2 fully saturated rings. The van der Waals surface area contributed by atoms with Crippen LogP contribution in [0.3, 0.4) is 0 Å². The van der Waals surface area contributed by atoms with Crippen molar-refractivity contribution in [3.63, 3.8) is 0 Å². The summed E-state index contributed by atoms with van der Waals surface area (Å²) in [7, 11) is 2.11. The lowest BCUT2D eigenvalue weighted by atomic mass is 9.96. The van der Waals surface area contributed by atoms with E-state index >= 15 is 0 Å². The molecule has 0 aromatic heterocycles. The minimum Gasteiger partial charge on any atom is -0.381 e. The van der Waals surface area contributed by atoms with Crippen LogP contribution in [0.2, 0.25) is 0 Å². The van der Waals surface area contributed by atoms with Crippen LogP contribution in [0.15, 0.2) is 29.3 Å². The van der Waals surface area contributed by atoms with E-state index in [0.717, 1.165) is 75.2 Å². The lowest BCUT2D eigenvalue weighted by Gasteiger charge is -2.27. The normalized spacial score (nSPS) is 18.3. The van der Waals surface area contributed by atoms with E-state index in [1.54, 1.807) is 0 Å². The molecule has 0 bridgehead atoms. The first-order valence-corrected chi connectivity index (χ1v) is 11.6. The Hall–Kier alpha value is -2.08. The summed E-state index contributed by atoms with van der Waals surface area (Å²) in [6, 6.07) is 7.96. The van der Waals surface area contributed by atoms with Crippen molar-refractivity contribution in [2.45, 2.75) is 52.0 Å². The van der Waals surface area contributed by atoms with Crippen LogP contribution in [0.5, 0.6) is 0 Å². The molecule has 0 radical (unpaired) electrons. The van der Waals surface area contributed by atoms with E-state index < -0.39 is 0 Å². The maximum Gasteiger partial charge on any atom is 0.253 e. The van der Waals surface area contributed by atoms with Crippen LogP contribution in [-0.4, -0.2) is 68.1 Å². The van der Waals surface area contributed by atoms with E-state index in [4.69, 9.17) is 9.73 Å². The quantitative estimate of drug-likeness (QED) is 0.548. The SMILES string of the molecule is CCNC(=NCc1ccc(C(=O)N2CCCCC2)cc1)N(C)CCC1CCOCC1. The molecule has 0 saturated carbocycles. The van der Waals surface area contributed by atoms with Crippen molar-refractivity contribution in [3.8, 4) is 0 Å². The molecule has 0 spiro atoms. The Morgan fingerprint density at radius 3 is 2.53 bits per heavy atom. The smallest absolute Gasteiger partial charge is 0.253 e. The lowest BCUT2D eigenvalue weighted by Crippen LogP contribution is -2.40. The summed E-state index contributed by atoms with van der Waals surface area (Å²) < 4.78 is 5.46. The second-order valence-corrected chi connectivity index (χ2v) is 8.49. The molecule has 3 rings (SSSR count). The minimum absolute atomic E-state index is 0.158. The molecule has 2 heterocycles. The molecular weight excluding hydrogens is 376 g/mol. The number of hydrogen-bond donors (Lipinski definition) is 1. The number of ether oxygens (including phenoxy) is 1. The van der Waals surface area contributed by atoms with Gasteiger partial charge in [-0.1, -0.05) is 12.1 Å². The van der Waals surface area contributed by atoms with Crippen LogP contribution in [0.25, 0.3) is 0 Å². The van der Waals surface area contributed by atoms with Gasteiger partial charge >= 0.3 is 0 Å². The molecule has 1 N–H and O–H groups in total. The summed E-state index contributed by atoms with van der Waals surface area (Å²) in [5.74, 6) is 1.86. The van der Waals surface area contributed by atoms with Crippen molar-refractivity contribution >= 4 is 11.9 Å². The fraction of sp³-hybridized carbons (Fsp3) is 0.667. The van der Waals surface area contributed by atoms with Gasteiger partial charge in [-0.2, -0.15) is 0 Å². The Labute approximate surface area is 181 Å². The van der Waals surface area contributed by atoms with Crippen LogP contribution >= 0.6 is 0 Å². The van der Waals surface area contributed by atoms with E-state index in [1.807, 2.05) is 29.2 Å². The highest BCUT2D eigenvalue weighted by molar-refractivity contribution is 5.94. The molecule has 0 atom stereocenters. The van der Waals surface area contributed by atoms with Crippen LogP contribution in [0.4, 0.5) is 0 Å². The lowest BCUT2D eigenvalue weighted by molar-refractivity contribution is 0.0625. The Morgan fingerprint density at radius 1 is 1.17 bits per heavy atom. The van der Waals surface area contributed by atoms with Gasteiger partial charge in [-0.25, -0.2) is 4.99 Å². The van der Waals surface area contributed by atoms with Crippen molar-refractivity contribution < 1.29 is 9.53 Å². The van der Waals surface area contributed by atoms with Crippen molar-refractivity contribution in [1.29, 1.82) is 0 Å². The maximum atomic E-state index is 12.6. The molecule has 2 aliphatic heterocycles. The van der Waals surface area contributed by atoms with Gasteiger partial charge in [0.1, 0.15) is 0 Å². The highest BCUT2D eigenvalue weighted by Crippen LogP contribution is 2.18. The molecule has 1 aromatic carbocycles. The monoisotopic (exact) mass is 414 g/mol. The van der Waals surface area contributed by atoms with Gasteiger partial charge in [0, 0.05) is 52.0 Å². The first kappa shape index (κ1) is 22.6. The molecule has 6 heteroatoms. The number of nitrogens with zero attached hydrogens (tertiary/aromatic N) is 3. The number of carbonyl (C=O) groups excluding carboxylic acids is 1. The number of nitrogens with one attached hydrogen (secondary N) is 1. The zero-order chi connectivity index (χ0) is 21.2. The number of benzene rings is 1. The van der Waals surface area contributed by atoms with E-state index in [2.05, 4.69) is 24.2 Å². The van der Waals surface area contributed by atoms with Gasteiger partial charge in [0.25, 0.3) is 5.91 Å². The molecule has 2 aliphatic rings. The van der Waals surface area contributed by atoms with E-state index in [9.17, 15) is 4.79 Å². The average Bonchev–Trinajstić information content (AvgIpc) is 2.81. The van der Waals surface area contributed by atoms with Crippen molar-refractivity contribution in [3.05, 3.63) is 35.4 Å². The fourth-order valence-corrected chi connectivity index (χ4v) is 4.19. The first-order valence-electron chi connectivity index (χ1n) is 11.6. The molecule has 166 valence electrons. The van der Waals surface area contributed by atoms with Gasteiger partial charge in [0.2, 0.25) is 0 Å². The topological polar surface area (TPSA) is 57.2 Å². The minimum atomic E-state index is 0.158. The summed E-state index contributed by atoms with van der Waals surface area (Å²) in [5.41, 5.74) is 1.91. The Kier molecular flexibility index (Phi) is 9.00. The molecule has 1 aromatic rings. The maximum absolute atomic E-state index is 12.6. The molecule has 0 unspecified atom stereocenters. The highest BCUT2D eigenvalue weighted by Gasteiger charge is 2.18. The fourth-order valence-electron chi connectivity index (χ4n) is 4.19. The number of likely N-dealkylation sites (tertiary alicyclic amines) is 1. The predicted molar refractivity (Wildman–Crippen MR) is 122 cm³/mol. The zero-order valence-electron chi connectivity index (χ0n) is 18.7. The largest absolute Gasteiger partial charge is 0.381 e. The van der Waals surface area contributed by atoms with Gasteiger partial charge in [-0.3, -0.25) is 4.79 Å². The first-order chi connectivity index (χ1) is 14.7. The second kappa shape index (κ2) is 11.9. The molecule has 6 nitrogen and oxygen atoms in total. The predicted octanol–water partition coefficient (Wildman–Crippen LogP) is 3.53. The Morgan fingerprint density at radius 2 is 1.87 bits per heavy atom. The number of carbonyl (C=O) groups is 1. The standard InChI is InChI=1S/C24H38N4O2/c1-3-25-24(27(2)16-11-20-12-17-30-18-13-20)26-19-21-7-9-22(10-8-21)23(29)28-14-5-4-6-15-28/h7-10,20H,3-6,11-19H2,1-2H3,(H,25,26). The van der Waals surface area contributed by atoms with Gasteiger partial charge in [0.05, 0.1) is 6.54 Å². The number of piperidine rings is 1. The number of aliphatic imine (C=N–C) groups is 1. The molecule has 30 heavy (non-hydrogen) atoms. The third kappa shape index (κ3) is 6.73. The summed E-state index contributed by atoms with van der Waals surface area (Å²) in [5, 5.41) is 3.40. The summed E-state index contributed by atoms with van der Waals surface area (Å²) >= 11 is 0.